The molecule has 1 fully saturated rings. The van der Waals surface area contributed by atoms with Gasteiger partial charge in [0, 0.05) is 43.4 Å². The summed E-state index contributed by atoms with van der Waals surface area (Å²) in [6, 6.07) is 6.51. The lowest BCUT2D eigenvalue weighted by Crippen LogP contribution is -2.44. The number of pyridine rings is 1. The van der Waals surface area contributed by atoms with Gasteiger partial charge in [-0.1, -0.05) is 0 Å². The van der Waals surface area contributed by atoms with Gasteiger partial charge >= 0.3 is 0 Å². The van der Waals surface area contributed by atoms with Gasteiger partial charge in [0.25, 0.3) is 11.1 Å². The van der Waals surface area contributed by atoms with Crippen molar-refractivity contribution in [3.8, 4) is 11.5 Å². The highest BCUT2D eigenvalue weighted by Crippen LogP contribution is 2.32. The number of nitrogens with zero attached hydrogens (tertiary/aromatic N) is 4. The largest absolute Gasteiger partial charge is 0.486 e. The van der Waals surface area contributed by atoms with E-state index in [1.165, 1.54) is 18.3 Å². The van der Waals surface area contributed by atoms with Crippen LogP contribution in [0.3, 0.4) is 0 Å². The molecule has 3 aromatic rings. The van der Waals surface area contributed by atoms with Crippen LogP contribution in [0, 0.1) is 5.82 Å². The fraction of sp³-hybridized carbons (Fsp3) is 0.458. The number of ether oxygens (including phenoxy) is 2. The Morgan fingerprint density at radius 2 is 1.82 bits per heavy atom. The summed E-state index contributed by atoms with van der Waals surface area (Å²) in [4.78, 5) is 31.4. The number of likely N-dealkylation sites (tertiary alicyclic amines) is 1. The van der Waals surface area contributed by atoms with Gasteiger partial charge in [-0.25, -0.2) is 9.37 Å². The molecule has 0 unspecified atom stereocenters. The van der Waals surface area contributed by atoms with Gasteiger partial charge in [0.05, 0.1) is 12.2 Å². The van der Waals surface area contributed by atoms with Gasteiger partial charge in [-0.3, -0.25) is 18.7 Å². The predicted molar refractivity (Wildman–Crippen MR) is 123 cm³/mol. The number of rotatable bonds is 5. The third-order valence-corrected chi connectivity index (χ3v) is 7.02. The summed E-state index contributed by atoms with van der Waals surface area (Å²) in [5.74, 6) is 0.762. The van der Waals surface area contributed by atoms with Crippen molar-refractivity contribution in [2.75, 3.05) is 32.8 Å². The number of hydrogen-bond acceptors (Lipinski definition) is 7. The van der Waals surface area contributed by atoms with Crippen LogP contribution in [0.5, 0.6) is 11.5 Å². The first-order valence-corrected chi connectivity index (χ1v) is 11.7. The van der Waals surface area contributed by atoms with Crippen molar-refractivity contribution in [2.45, 2.75) is 38.0 Å². The van der Waals surface area contributed by atoms with E-state index in [2.05, 4.69) is 15.2 Å². The van der Waals surface area contributed by atoms with Crippen molar-refractivity contribution in [3.63, 3.8) is 0 Å². The number of nitrogens with one attached hydrogen (secondary N) is 1. The molecule has 1 atom stereocenters. The van der Waals surface area contributed by atoms with Crippen LogP contribution >= 0.6 is 0 Å². The topological polar surface area (TPSA) is 90.6 Å². The third-order valence-electron chi connectivity index (χ3n) is 7.02. The quantitative estimate of drug-likeness (QED) is 0.605. The van der Waals surface area contributed by atoms with Crippen LogP contribution in [0.2, 0.25) is 0 Å². The molecule has 0 aliphatic carbocycles. The third kappa shape index (κ3) is 3.76. The second kappa shape index (κ2) is 8.52. The van der Waals surface area contributed by atoms with E-state index in [1.54, 1.807) is 21.3 Å². The number of halogens is 1. The minimum Gasteiger partial charge on any atom is -0.486 e. The standard InChI is InChI=1S/C24H26FN5O4/c25-18-10-21-20(33-7-8-34-21)9-15(18)11-26-16-3-5-28(6-4-16)13-17-14-29-23(32)12-27-19-1-2-22(31)30(17)24(19)29/h1-2,9-10,12,16-17,26H,3-8,11,13-14H2/t17-/m1/s1. The molecule has 1 saturated heterocycles. The molecular weight excluding hydrogens is 441 g/mol. The Labute approximate surface area is 194 Å². The molecule has 10 heteroatoms. The van der Waals surface area contributed by atoms with Crippen molar-refractivity contribution in [3.05, 3.63) is 62.6 Å². The molecule has 2 aromatic heterocycles. The highest BCUT2D eigenvalue weighted by molar-refractivity contribution is 5.71. The Hall–Kier alpha value is -3.24. The van der Waals surface area contributed by atoms with Crippen LogP contribution < -0.4 is 25.9 Å². The van der Waals surface area contributed by atoms with Crippen LogP contribution in [-0.4, -0.2) is 57.9 Å². The molecule has 1 N–H and O–H groups in total. The van der Waals surface area contributed by atoms with E-state index in [4.69, 9.17) is 9.47 Å². The summed E-state index contributed by atoms with van der Waals surface area (Å²) in [6.45, 7) is 4.26. The van der Waals surface area contributed by atoms with Gasteiger partial charge in [0.2, 0.25) is 0 Å². The Morgan fingerprint density at radius 1 is 1.06 bits per heavy atom. The number of aromatic nitrogens is 3. The molecule has 178 valence electrons. The second-order valence-electron chi connectivity index (χ2n) is 9.15. The Morgan fingerprint density at radius 3 is 2.62 bits per heavy atom. The summed E-state index contributed by atoms with van der Waals surface area (Å²) < 4.78 is 28.8. The van der Waals surface area contributed by atoms with Crippen LogP contribution in [-0.2, 0) is 13.1 Å². The van der Waals surface area contributed by atoms with E-state index < -0.39 is 0 Å². The first kappa shape index (κ1) is 21.3. The number of piperidine rings is 1. The molecule has 34 heavy (non-hydrogen) atoms. The molecule has 1 aromatic carbocycles. The Kier molecular flexibility index (Phi) is 5.34. The predicted octanol–water partition coefficient (Wildman–Crippen LogP) is 1.28. The summed E-state index contributed by atoms with van der Waals surface area (Å²) in [7, 11) is 0. The summed E-state index contributed by atoms with van der Waals surface area (Å²) >= 11 is 0. The minimum atomic E-state index is -0.292. The van der Waals surface area contributed by atoms with Crippen LogP contribution in [0.4, 0.5) is 4.39 Å². The number of fused-ring (bicyclic) bond motifs is 1. The van der Waals surface area contributed by atoms with Gasteiger partial charge < -0.3 is 19.7 Å². The smallest absolute Gasteiger partial charge is 0.270 e. The molecule has 0 spiro atoms. The molecule has 0 saturated carbocycles. The van der Waals surface area contributed by atoms with E-state index in [-0.39, 0.29) is 29.0 Å². The lowest BCUT2D eigenvalue weighted by molar-refractivity contribution is 0.168. The van der Waals surface area contributed by atoms with Crippen molar-refractivity contribution in [1.29, 1.82) is 0 Å². The Bertz CT molecular complexity index is 1360. The van der Waals surface area contributed by atoms with E-state index in [9.17, 15) is 14.0 Å². The molecule has 0 bridgehead atoms. The summed E-state index contributed by atoms with van der Waals surface area (Å²) in [5, 5.41) is 3.47. The molecule has 3 aliphatic rings. The fourth-order valence-corrected chi connectivity index (χ4v) is 5.28. The lowest BCUT2D eigenvalue weighted by atomic mass is 10.0. The van der Waals surface area contributed by atoms with Crippen LogP contribution in [0.25, 0.3) is 11.2 Å². The van der Waals surface area contributed by atoms with Gasteiger partial charge in [0.1, 0.15) is 30.2 Å². The van der Waals surface area contributed by atoms with Gasteiger partial charge in [-0.05, 0) is 38.1 Å². The van der Waals surface area contributed by atoms with Crippen molar-refractivity contribution < 1.29 is 13.9 Å². The van der Waals surface area contributed by atoms with Gasteiger partial charge in [-0.15, -0.1) is 0 Å². The van der Waals surface area contributed by atoms with E-state index in [0.29, 0.717) is 61.1 Å². The van der Waals surface area contributed by atoms with Crippen molar-refractivity contribution >= 4 is 11.2 Å². The van der Waals surface area contributed by atoms with Crippen LogP contribution in [0.1, 0.15) is 24.4 Å². The van der Waals surface area contributed by atoms with Crippen LogP contribution in [0.15, 0.2) is 40.1 Å². The maximum absolute atomic E-state index is 14.4. The Balaban J connectivity index is 1.07. The monoisotopic (exact) mass is 467 g/mol. The van der Waals surface area contributed by atoms with Crippen molar-refractivity contribution in [2.24, 2.45) is 0 Å². The second-order valence-corrected chi connectivity index (χ2v) is 9.15. The summed E-state index contributed by atoms with van der Waals surface area (Å²) in [6.07, 6.45) is 3.17. The number of benzene rings is 1. The SMILES string of the molecule is O=c1cnc2ccc(=O)n3c2n1C[C@H]3CN1CCC(NCc2cc3c(cc2F)OCCO3)CC1. The zero-order chi connectivity index (χ0) is 23.2. The van der Waals surface area contributed by atoms with Gasteiger partial charge in [0.15, 0.2) is 11.5 Å². The normalized spacial score (nSPS) is 20.2. The molecular formula is C24H26FN5O4. The van der Waals surface area contributed by atoms with Gasteiger partial charge in [-0.2, -0.15) is 0 Å². The molecule has 0 radical (unpaired) electrons. The highest BCUT2D eigenvalue weighted by Gasteiger charge is 2.29. The van der Waals surface area contributed by atoms with E-state index >= 15 is 0 Å². The fourth-order valence-electron chi connectivity index (χ4n) is 5.28. The average Bonchev–Trinajstić information content (AvgIpc) is 3.23. The van der Waals surface area contributed by atoms with E-state index in [0.717, 1.165) is 25.9 Å². The average molecular weight is 468 g/mol. The highest BCUT2D eigenvalue weighted by atomic mass is 19.1. The maximum Gasteiger partial charge on any atom is 0.270 e. The lowest BCUT2D eigenvalue weighted by Gasteiger charge is -2.34. The minimum absolute atomic E-state index is 0.0931. The zero-order valence-corrected chi connectivity index (χ0v) is 18.7. The summed E-state index contributed by atoms with van der Waals surface area (Å²) in [5.41, 5.74) is 1.57. The van der Waals surface area contributed by atoms with Crippen molar-refractivity contribution in [1.82, 2.24) is 24.3 Å². The molecule has 6 rings (SSSR count). The zero-order valence-electron chi connectivity index (χ0n) is 18.7. The molecule has 0 amide bonds. The maximum atomic E-state index is 14.4. The number of hydrogen-bond donors (Lipinski definition) is 1. The van der Waals surface area contributed by atoms with E-state index in [1.807, 2.05) is 0 Å². The molecule has 3 aliphatic heterocycles. The molecule has 9 nitrogen and oxygen atoms in total. The first-order chi connectivity index (χ1) is 16.6. The molecule has 5 heterocycles. The first-order valence-electron chi connectivity index (χ1n) is 11.7.